The van der Waals surface area contributed by atoms with Crippen molar-refractivity contribution in [3.05, 3.63) is 72.3 Å². The normalized spacial score (nSPS) is 11.5. The second-order valence-electron chi connectivity index (χ2n) is 5.65. The van der Waals surface area contributed by atoms with Crippen LogP contribution in [0.2, 0.25) is 0 Å². The van der Waals surface area contributed by atoms with E-state index in [0.29, 0.717) is 0 Å². The van der Waals surface area contributed by atoms with Crippen LogP contribution in [0.3, 0.4) is 0 Å². The highest BCUT2D eigenvalue weighted by Gasteiger charge is 2.11. The molecule has 0 fully saturated rings. The molecule has 1 atom stereocenters. The lowest BCUT2D eigenvalue weighted by Gasteiger charge is -2.15. The Labute approximate surface area is 145 Å². The van der Waals surface area contributed by atoms with Crippen molar-refractivity contribution in [3.8, 4) is 17.2 Å². The van der Waals surface area contributed by atoms with E-state index in [9.17, 15) is 4.79 Å². The van der Waals surface area contributed by atoms with Crippen molar-refractivity contribution in [2.45, 2.75) is 19.5 Å². The lowest BCUT2D eigenvalue weighted by Crippen LogP contribution is -2.30. The monoisotopic (exact) mass is 331 g/mol. The highest BCUT2D eigenvalue weighted by Crippen LogP contribution is 2.21. The number of nitrogens with zero attached hydrogens (tertiary/aromatic N) is 4. The van der Waals surface area contributed by atoms with Crippen LogP contribution in [0, 0.1) is 11.3 Å². The van der Waals surface area contributed by atoms with E-state index in [1.165, 1.54) is 11.0 Å². The lowest BCUT2D eigenvalue weighted by molar-refractivity contribution is -0.122. The van der Waals surface area contributed by atoms with Gasteiger partial charge in [-0.25, -0.2) is 9.67 Å². The van der Waals surface area contributed by atoms with E-state index in [1.807, 2.05) is 55.5 Å². The number of hydrogen-bond donors (Lipinski definition) is 1. The van der Waals surface area contributed by atoms with E-state index >= 15 is 0 Å². The molecule has 0 saturated heterocycles. The fourth-order valence-corrected chi connectivity index (χ4v) is 2.53. The molecule has 0 aliphatic carbocycles. The topological polar surface area (TPSA) is 83.6 Å². The Bertz CT molecular complexity index is 894. The van der Waals surface area contributed by atoms with E-state index in [1.54, 1.807) is 0 Å². The number of rotatable bonds is 5. The molecule has 0 aliphatic rings. The van der Waals surface area contributed by atoms with Crippen LogP contribution in [-0.2, 0) is 11.3 Å². The minimum absolute atomic E-state index is 0.0289. The zero-order chi connectivity index (χ0) is 17.6. The van der Waals surface area contributed by atoms with Crippen LogP contribution in [0.1, 0.15) is 24.4 Å². The summed E-state index contributed by atoms with van der Waals surface area (Å²) in [7, 11) is 0. The summed E-state index contributed by atoms with van der Waals surface area (Å²) in [4.78, 5) is 15.9. The number of hydrogen-bond acceptors (Lipinski definition) is 4. The standard InChI is InChI=1S/C19H17N5O/c1-14(22-19(25)12-24-13-21-18(11-20)23-24)15-7-9-17(10-8-15)16-5-3-2-4-6-16/h2-10,13-14H,12H2,1H3,(H,22,25)/t14-/m1/s1. The molecule has 0 saturated carbocycles. The maximum Gasteiger partial charge on any atom is 0.252 e. The number of carbonyl (C=O) groups is 1. The molecule has 1 aromatic heterocycles. The van der Waals surface area contributed by atoms with Crippen molar-refractivity contribution >= 4 is 5.91 Å². The summed E-state index contributed by atoms with van der Waals surface area (Å²) in [5.41, 5.74) is 3.31. The first-order valence-electron chi connectivity index (χ1n) is 7.90. The van der Waals surface area contributed by atoms with E-state index < -0.39 is 0 Å². The van der Waals surface area contributed by atoms with Gasteiger partial charge in [-0.05, 0) is 23.6 Å². The minimum atomic E-state index is -0.186. The number of nitrogens with one attached hydrogen (secondary N) is 1. The molecule has 25 heavy (non-hydrogen) atoms. The molecule has 0 bridgehead atoms. The summed E-state index contributed by atoms with van der Waals surface area (Å²) >= 11 is 0. The van der Waals surface area contributed by atoms with Gasteiger partial charge in [0.05, 0.1) is 6.04 Å². The Hall–Kier alpha value is -3.46. The van der Waals surface area contributed by atoms with Crippen molar-refractivity contribution in [2.24, 2.45) is 0 Å². The largest absolute Gasteiger partial charge is 0.348 e. The average molecular weight is 331 g/mol. The zero-order valence-electron chi connectivity index (χ0n) is 13.8. The van der Waals surface area contributed by atoms with Crippen LogP contribution in [0.4, 0.5) is 0 Å². The molecule has 1 amide bonds. The number of benzene rings is 2. The average Bonchev–Trinajstić information content (AvgIpc) is 3.10. The number of amides is 1. The molecule has 0 radical (unpaired) electrons. The van der Waals surface area contributed by atoms with Crippen LogP contribution in [0.25, 0.3) is 11.1 Å². The van der Waals surface area contributed by atoms with Gasteiger partial charge in [0.2, 0.25) is 5.91 Å². The van der Waals surface area contributed by atoms with Gasteiger partial charge in [0.1, 0.15) is 18.9 Å². The van der Waals surface area contributed by atoms with Gasteiger partial charge in [-0.3, -0.25) is 4.79 Å². The van der Waals surface area contributed by atoms with Crippen LogP contribution in [0.5, 0.6) is 0 Å². The molecule has 0 unspecified atom stereocenters. The van der Waals surface area contributed by atoms with Gasteiger partial charge >= 0.3 is 0 Å². The second kappa shape index (κ2) is 7.41. The van der Waals surface area contributed by atoms with E-state index in [2.05, 4.69) is 27.5 Å². The van der Waals surface area contributed by atoms with Gasteiger partial charge in [0, 0.05) is 0 Å². The number of carbonyl (C=O) groups excluding carboxylic acids is 1. The highest BCUT2D eigenvalue weighted by molar-refractivity contribution is 5.76. The Balaban J connectivity index is 1.62. The van der Waals surface area contributed by atoms with Crippen LogP contribution >= 0.6 is 0 Å². The summed E-state index contributed by atoms with van der Waals surface area (Å²) in [5, 5.41) is 15.5. The third kappa shape index (κ3) is 4.09. The van der Waals surface area contributed by atoms with Gasteiger partial charge in [0.25, 0.3) is 5.82 Å². The SMILES string of the molecule is C[C@@H](NC(=O)Cn1cnc(C#N)n1)c1ccc(-c2ccccc2)cc1. The molecule has 0 spiro atoms. The van der Waals surface area contributed by atoms with Crippen molar-refractivity contribution in [2.75, 3.05) is 0 Å². The first-order chi connectivity index (χ1) is 12.2. The second-order valence-corrected chi connectivity index (χ2v) is 5.65. The molecular formula is C19H17N5O. The summed E-state index contributed by atoms with van der Waals surface area (Å²) < 4.78 is 1.35. The van der Waals surface area contributed by atoms with Crippen LogP contribution < -0.4 is 5.32 Å². The molecule has 3 aromatic rings. The lowest BCUT2D eigenvalue weighted by atomic mass is 10.0. The van der Waals surface area contributed by atoms with E-state index in [-0.39, 0.29) is 24.3 Å². The van der Waals surface area contributed by atoms with Gasteiger partial charge in [0.15, 0.2) is 0 Å². The van der Waals surface area contributed by atoms with Gasteiger partial charge < -0.3 is 5.32 Å². The first kappa shape index (κ1) is 16.4. The summed E-state index contributed by atoms with van der Waals surface area (Å²) in [6.45, 7) is 1.96. The fraction of sp³-hybridized carbons (Fsp3) is 0.158. The molecule has 3 rings (SSSR count). The molecule has 6 nitrogen and oxygen atoms in total. The van der Waals surface area contributed by atoms with Gasteiger partial charge in [-0.2, -0.15) is 5.26 Å². The van der Waals surface area contributed by atoms with Crippen LogP contribution in [-0.4, -0.2) is 20.7 Å². The van der Waals surface area contributed by atoms with Gasteiger partial charge in [-0.1, -0.05) is 54.6 Å². The Morgan fingerprint density at radius 3 is 2.48 bits per heavy atom. The molecule has 124 valence electrons. The summed E-state index contributed by atoms with van der Waals surface area (Å²) in [6.07, 6.45) is 1.37. The molecule has 1 heterocycles. The maximum atomic E-state index is 12.1. The predicted octanol–water partition coefficient (Wildman–Crippen LogP) is 2.69. The summed E-state index contributed by atoms with van der Waals surface area (Å²) in [5.74, 6) is -0.133. The van der Waals surface area contributed by atoms with Crippen molar-refractivity contribution in [3.63, 3.8) is 0 Å². The van der Waals surface area contributed by atoms with Crippen molar-refractivity contribution in [1.29, 1.82) is 5.26 Å². The smallest absolute Gasteiger partial charge is 0.252 e. The van der Waals surface area contributed by atoms with Crippen molar-refractivity contribution < 1.29 is 4.79 Å². The highest BCUT2D eigenvalue weighted by atomic mass is 16.2. The fourth-order valence-electron chi connectivity index (χ4n) is 2.53. The molecular weight excluding hydrogens is 314 g/mol. The quantitative estimate of drug-likeness (QED) is 0.779. The number of nitriles is 1. The van der Waals surface area contributed by atoms with Crippen LogP contribution in [0.15, 0.2) is 60.9 Å². The maximum absolute atomic E-state index is 12.1. The zero-order valence-corrected chi connectivity index (χ0v) is 13.8. The first-order valence-corrected chi connectivity index (χ1v) is 7.90. The van der Waals surface area contributed by atoms with Crippen molar-refractivity contribution in [1.82, 2.24) is 20.1 Å². The van der Waals surface area contributed by atoms with E-state index in [4.69, 9.17) is 5.26 Å². The molecule has 2 aromatic carbocycles. The van der Waals surface area contributed by atoms with Gasteiger partial charge in [-0.15, -0.1) is 5.10 Å². The predicted molar refractivity (Wildman–Crippen MR) is 93.2 cm³/mol. The van der Waals surface area contributed by atoms with E-state index in [0.717, 1.165) is 16.7 Å². The third-order valence-electron chi connectivity index (χ3n) is 3.84. The summed E-state index contributed by atoms with van der Waals surface area (Å²) in [6, 6.07) is 19.9. The molecule has 1 N–H and O–H groups in total. The Kier molecular flexibility index (Phi) is 4.86. The molecule has 0 aliphatic heterocycles. The Morgan fingerprint density at radius 2 is 1.84 bits per heavy atom. The third-order valence-corrected chi connectivity index (χ3v) is 3.84. The minimum Gasteiger partial charge on any atom is -0.348 e. The molecule has 6 heteroatoms. The Morgan fingerprint density at radius 1 is 1.16 bits per heavy atom. The number of aromatic nitrogens is 3.